The summed E-state index contributed by atoms with van der Waals surface area (Å²) in [4.78, 5) is 26.3. The Hall–Kier alpha value is -2.55. The van der Waals surface area contributed by atoms with Crippen LogP contribution < -0.4 is 0 Å². The molecule has 9 heteroatoms. The Morgan fingerprint density at radius 1 is 1.06 bits per heavy atom. The van der Waals surface area contributed by atoms with Crippen LogP contribution in [0.25, 0.3) is 22.5 Å². The summed E-state index contributed by atoms with van der Waals surface area (Å²) in [5.74, 6) is -0.713. The molecule has 2 aromatic carbocycles. The summed E-state index contributed by atoms with van der Waals surface area (Å²) in [6.07, 6.45) is 1.98. The van der Waals surface area contributed by atoms with Gasteiger partial charge >= 0.3 is 35.5 Å². The molecule has 1 aromatic heterocycles. The van der Waals surface area contributed by atoms with Crippen LogP contribution >= 0.6 is 0 Å². The fraction of sp³-hybridized carbons (Fsp3) is 0.375. The predicted octanol–water partition coefficient (Wildman–Crippen LogP) is 3.51. The number of nitrogens with one attached hydrogen (secondary N) is 1. The fourth-order valence-corrected chi connectivity index (χ4v) is 3.79. The van der Waals surface area contributed by atoms with E-state index in [4.69, 9.17) is 0 Å². The van der Waals surface area contributed by atoms with Crippen molar-refractivity contribution in [3.63, 3.8) is 0 Å². The van der Waals surface area contributed by atoms with E-state index < -0.39 is 12.0 Å². The van der Waals surface area contributed by atoms with Crippen molar-refractivity contribution < 1.29 is 14.7 Å². The summed E-state index contributed by atoms with van der Waals surface area (Å²) in [5.41, 5.74) is 3.71. The van der Waals surface area contributed by atoms with E-state index in [2.05, 4.69) is 20.6 Å². The van der Waals surface area contributed by atoms with Gasteiger partial charge in [0.25, 0.3) is 0 Å². The molecule has 0 radical (unpaired) electrons. The van der Waals surface area contributed by atoms with Gasteiger partial charge < -0.3 is 10.0 Å². The van der Waals surface area contributed by atoms with Crippen LogP contribution in [0.5, 0.6) is 0 Å². The van der Waals surface area contributed by atoms with E-state index in [1.165, 1.54) is 4.90 Å². The number of unbranched alkanes of at least 4 members (excludes halogenated alkanes) is 1. The molecule has 3 rings (SSSR count). The number of aromatic nitrogens is 4. The summed E-state index contributed by atoms with van der Waals surface area (Å²) < 4.78 is 0. The molecule has 170 valence electrons. The van der Waals surface area contributed by atoms with E-state index in [0.717, 1.165) is 35.1 Å². The van der Waals surface area contributed by atoms with Crippen molar-refractivity contribution in [2.75, 3.05) is 0 Å². The topological polar surface area (TPSA) is 112 Å². The number of carboxylic acids is 1. The maximum absolute atomic E-state index is 12.9. The molecule has 1 amide bonds. The second kappa shape index (κ2) is 12.6. The van der Waals surface area contributed by atoms with Crippen LogP contribution in [0.4, 0.5) is 0 Å². The molecule has 8 nitrogen and oxygen atoms in total. The molecule has 1 heterocycles. The van der Waals surface area contributed by atoms with Gasteiger partial charge in [-0.3, -0.25) is 4.79 Å². The molecule has 0 aliphatic heterocycles. The zero-order valence-corrected chi connectivity index (χ0v) is 18.7. The number of hydrogen-bond acceptors (Lipinski definition) is 5. The number of rotatable bonds is 10. The van der Waals surface area contributed by atoms with Crippen molar-refractivity contribution in [3.05, 3.63) is 54.1 Å². The van der Waals surface area contributed by atoms with Crippen LogP contribution in [-0.2, 0) is 16.1 Å². The third-order valence-corrected chi connectivity index (χ3v) is 5.43. The van der Waals surface area contributed by atoms with Crippen molar-refractivity contribution in [1.29, 1.82) is 0 Å². The van der Waals surface area contributed by atoms with Gasteiger partial charge in [-0.05, 0) is 39.5 Å². The van der Waals surface area contributed by atoms with Gasteiger partial charge in [-0.15, -0.1) is 5.10 Å². The molecular weight excluding hydrogens is 429 g/mol. The second-order valence-electron chi connectivity index (χ2n) is 8.14. The Bertz CT molecular complexity index is 1040. The normalized spacial score (nSPS) is 11.6. The van der Waals surface area contributed by atoms with E-state index in [9.17, 15) is 14.7 Å². The molecule has 33 heavy (non-hydrogen) atoms. The second-order valence-corrected chi connectivity index (χ2v) is 8.14. The Morgan fingerprint density at radius 2 is 1.73 bits per heavy atom. The number of nitrogens with zero attached hydrogens (tertiary/aromatic N) is 4. The fourth-order valence-electron chi connectivity index (χ4n) is 3.79. The zero-order valence-electron chi connectivity index (χ0n) is 18.7. The van der Waals surface area contributed by atoms with E-state index in [1.54, 1.807) is 0 Å². The van der Waals surface area contributed by atoms with E-state index in [1.807, 2.05) is 69.3 Å². The van der Waals surface area contributed by atoms with Gasteiger partial charge in [0.2, 0.25) is 5.91 Å². The van der Waals surface area contributed by atoms with Gasteiger partial charge in [0.05, 0.1) is 0 Å². The Morgan fingerprint density at radius 3 is 2.27 bits per heavy atom. The molecule has 1 atom stereocenters. The third kappa shape index (κ3) is 6.72. The van der Waals surface area contributed by atoms with E-state index in [-0.39, 0.29) is 47.9 Å². The van der Waals surface area contributed by atoms with Gasteiger partial charge in [0.15, 0.2) is 5.82 Å². The molecule has 2 N–H and O–H groups in total. The van der Waals surface area contributed by atoms with Crippen LogP contribution in [0.3, 0.4) is 0 Å². The van der Waals surface area contributed by atoms with Crippen molar-refractivity contribution >= 4 is 41.4 Å². The first-order valence-electron chi connectivity index (χ1n) is 10.9. The summed E-state index contributed by atoms with van der Waals surface area (Å²) in [6.45, 7) is 5.93. The summed E-state index contributed by atoms with van der Waals surface area (Å²) in [5, 5.41) is 23.9. The summed E-state index contributed by atoms with van der Waals surface area (Å²) >= 11 is 0. The Balaban J connectivity index is 0.00000385. The maximum atomic E-state index is 12.9. The van der Waals surface area contributed by atoms with Crippen LogP contribution in [0.1, 0.15) is 45.6 Å². The first-order chi connectivity index (χ1) is 15.4. The minimum atomic E-state index is -0.976. The van der Waals surface area contributed by atoms with E-state index >= 15 is 0 Å². The molecule has 0 spiro atoms. The van der Waals surface area contributed by atoms with Crippen molar-refractivity contribution in [2.24, 2.45) is 5.92 Å². The average molecular weight is 460 g/mol. The van der Waals surface area contributed by atoms with Crippen molar-refractivity contribution in [2.45, 2.75) is 52.6 Å². The Labute approximate surface area is 216 Å². The predicted molar refractivity (Wildman–Crippen MR) is 129 cm³/mol. The SMILES string of the molecule is CCCCC(=O)N(Cc1ccc(-c2ccccc2-c2nnn[nH]2)cc1)C(C(=O)O)C(C)C.[NaH]. The number of amides is 1. The van der Waals surface area contributed by atoms with Crippen LogP contribution in [-0.4, -0.2) is 78.1 Å². The first kappa shape index (κ1) is 26.7. The molecule has 1 unspecified atom stereocenters. The monoisotopic (exact) mass is 459 g/mol. The third-order valence-electron chi connectivity index (χ3n) is 5.43. The number of benzene rings is 2. The van der Waals surface area contributed by atoms with Crippen LogP contribution in [0.15, 0.2) is 48.5 Å². The number of hydrogen-bond donors (Lipinski definition) is 2. The standard InChI is InChI=1S/C24H29N5O3.Na.H/c1-4-5-10-21(30)29(22(16(2)3)24(31)32)15-17-11-13-18(14-12-17)19-8-6-7-9-20(19)23-25-27-28-26-23;;/h6-9,11-14,16,22H,4-5,10,15H2,1-3H3,(H,31,32)(H,25,26,27,28);;. The molecule has 0 fully saturated rings. The minimum absolute atomic E-state index is 0. The number of carbonyl (C=O) groups is 2. The van der Waals surface area contributed by atoms with Gasteiger partial charge in [-0.2, -0.15) is 0 Å². The number of carbonyl (C=O) groups excluding carboxylic acids is 1. The number of tetrazole rings is 1. The molecule has 0 saturated heterocycles. The van der Waals surface area contributed by atoms with E-state index in [0.29, 0.717) is 12.2 Å². The van der Waals surface area contributed by atoms with Gasteiger partial charge in [0.1, 0.15) is 6.04 Å². The van der Waals surface area contributed by atoms with Gasteiger partial charge in [-0.25, -0.2) is 9.89 Å². The molecular formula is C24H30N5NaO3. The molecule has 0 aliphatic carbocycles. The van der Waals surface area contributed by atoms with Crippen molar-refractivity contribution in [1.82, 2.24) is 25.5 Å². The molecule has 0 aliphatic rings. The molecule has 0 saturated carbocycles. The van der Waals surface area contributed by atoms with Crippen LogP contribution in [0.2, 0.25) is 0 Å². The number of aromatic amines is 1. The van der Waals surface area contributed by atoms with Gasteiger partial charge in [-0.1, -0.05) is 75.7 Å². The first-order valence-corrected chi connectivity index (χ1v) is 10.9. The Kier molecular flexibility index (Phi) is 10.2. The van der Waals surface area contributed by atoms with Crippen LogP contribution in [0, 0.1) is 5.92 Å². The number of H-pyrrole nitrogens is 1. The van der Waals surface area contributed by atoms with Crippen molar-refractivity contribution in [3.8, 4) is 22.5 Å². The quantitative estimate of drug-likeness (QED) is 0.449. The summed E-state index contributed by atoms with van der Waals surface area (Å²) in [6, 6.07) is 14.8. The molecule has 0 bridgehead atoms. The molecule has 3 aromatic rings. The number of aliphatic carboxylic acids is 1. The number of carboxylic acid groups (broad SMARTS) is 1. The average Bonchev–Trinajstić information content (AvgIpc) is 3.32. The summed E-state index contributed by atoms with van der Waals surface area (Å²) in [7, 11) is 0. The zero-order chi connectivity index (χ0) is 23.1. The van der Waals surface area contributed by atoms with Gasteiger partial charge in [0, 0.05) is 18.5 Å².